The van der Waals surface area contributed by atoms with Crippen LogP contribution in [0.4, 0.5) is 0 Å². The molecule has 0 aromatic rings. The minimum absolute atomic E-state index is 0.0281. The van der Waals surface area contributed by atoms with Crippen LogP contribution < -0.4 is 0 Å². The molecule has 2 spiro atoms. The summed E-state index contributed by atoms with van der Waals surface area (Å²) in [5.74, 6) is -3.75. The van der Waals surface area contributed by atoms with Crippen molar-refractivity contribution in [2.75, 3.05) is 13.2 Å². The Morgan fingerprint density at radius 1 is 0.862 bits per heavy atom. The molecule has 3 unspecified atom stereocenters. The van der Waals surface area contributed by atoms with E-state index in [0.717, 1.165) is 51.9 Å². The molecule has 8 aliphatic rings. The van der Waals surface area contributed by atoms with Gasteiger partial charge in [-0.25, -0.2) is 0 Å². The molecule has 332 valence electrons. The van der Waals surface area contributed by atoms with Crippen molar-refractivity contribution in [3.63, 3.8) is 0 Å². The Morgan fingerprint density at radius 2 is 1.57 bits per heavy atom. The Hall–Kier alpha value is -1.05. The number of aliphatic hydroxyl groups excluding tert-OH is 6. The van der Waals surface area contributed by atoms with Crippen LogP contribution in [0.15, 0.2) is 0 Å². The van der Waals surface area contributed by atoms with E-state index in [9.17, 15) is 45.6 Å². The van der Waals surface area contributed by atoms with E-state index in [1.54, 1.807) is 13.8 Å². The number of aliphatic hydroxyl groups is 8. The molecular weight excluding hydrogens is 756 g/mol. The molecule has 0 amide bonds. The number of ether oxygens (including phenoxy) is 6. The van der Waals surface area contributed by atoms with Gasteiger partial charge in [-0.15, -0.1) is 0 Å². The summed E-state index contributed by atoms with van der Waals surface area (Å²) >= 11 is 0. The highest BCUT2D eigenvalue weighted by Crippen LogP contribution is 2.89. The van der Waals surface area contributed by atoms with Gasteiger partial charge < -0.3 is 69.3 Å². The summed E-state index contributed by atoms with van der Waals surface area (Å²) in [6.45, 7) is 14.7. The quantitative estimate of drug-likeness (QED) is 0.0988. The van der Waals surface area contributed by atoms with Crippen LogP contribution >= 0.6 is 0 Å². The first-order valence-electron chi connectivity index (χ1n) is 21.8. The van der Waals surface area contributed by atoms with Crippen molar-refractivity contribution in [1.29, 1.82) is 0 Å². The fourth-order valence-corrected chi connectivity index (χ4v) is 15.2. The Bertz CT molecular complexity index is 1590. The Labute approximate surface area is 341 Å². The number of hydrogen-bond acceptors (Lipinski definition) is 15. The van der Waals surface area contributed by atoms with E-state index in [4.69, 9.17) is 28.4 Å². The molecule has 0 bridgehead atoms. The second kappa shape index (κ2) is 14.0. The van der Waals surface area contributed by atoms with Gasteiger partial charge in [0, 0.05) is 12.8 Å². The van der Waals surface area contributed by atoms with Crippen LogP contribution in [0.1, 0.15) is 120 Å². The molecule has 5 saturated carbocycles. The summed E-state index contributed by atoms with van der Waals surface area (Å²) < 4.78 is 36.4. The largest absolute Gasteiger partial charge is 0.454 e. The van der Waals surface area contributed by atoms with Crippen molar-refractivity contribution in [3.8, 4) is 0 Å². The van der Waals surface area contributed by atoms with Crippen molar-refractivity contribution in [3.05, 3.63) is 0 Å². The van der Waals surface area contributed by atoms with Gasteiger partial charge in [0.1, 0.15) is 24.4 Å². The standard InChI is InChI=1S/C43H70O15/c1-21(45)54-29-28(48)23(47)19-53-34(29)58-43(52)32(49)25(18-44)56-35(33(43)50)55-24-16-26-39(7)17-22(46)30(40(8)13-10-27(57-40)37(4,5)51)38(39,6)14-15-41(26)20-42(41)12-9-11-36(2,3)31(24)42/h22-35,44,46-52H,9-20H2,1-8H3/t22-,23+,24-,25+,26?,27-,28-,29+,30-,31?,32+,33-,34-,35+,38+,39-,40+,41?,42+,43+/m0/s1. The predicted octanol–water partition coefficient (Wildman–Crippen LogP) is 1.64. The van der Waals surface area contributed by atoms with Crippen LogP contribution in [0.2, 0.25) is 0 Å². The topological polar surface area (TPSA) is 234 Å². The molecule has 0 radical (unpaired) electrons. The summed E-state index contributed by atoms with van der Waals surface area (Å²) in [4.78, 5) is 12.0. The van der Waals surface area contributed by atoms with E-state index in [0.29, 0.717) is 19.3 Å². The van der Waals surface area contributed by atoms with Crippen molar-refractivity contribution in [2.24, 2.45) is 44.8 Å². The van der Waals surface area contributed by atoms with Gasteiger partial charge in [-0.2, -0.15) is 0 Å². The maximum Gasteiger partial charge on any atom is 0.303 e. The summed E-state index contributed by atoms with van der Waals surface area (Å²) in [5.41, 5.74) is -2.49. The smallest absolute Gasteiger partial charge is 0.303 e. The zero-order valence-electron chi connectivity index (χ0n) is 35.5. The van der Waals surface area contributed by atoms with Crippen molar-refractivity contribution in [1.82, 2.24) is 0 Å². The molecule has 20 atom stereocenters. The normalized spacial score (nSPS) is 56.1. The molecule has 0 aromatic heterocycles. The minimum atomic E-state index is -2.91. The van der Waals surface area contributed by atoms with Gasteiger partial charge in [0.25, 0.3) is 0 Å². The highest BCUT2D eigenvalue weighted by Gasteiger charge is 2.84. The minimum Gasteiger partial charge on any atom is -0.454 e. The highest BCUT2D eigenvalue weighted by atomic mass is 16.8. The van der Waals surface area contributed by atoms with Gasteiger partial charge in [0.2, 0.25) is 12.1 Å². The van der Waals surface area contributed by atoms with Crippen LogP contribution in [0.5, 0.6) is 0 Å². The first-order chi connectivity index (χ1) is 26.8. The Kier molecular flexibility index (Phi) is 10.5. The molecule has 3 aliphatic heterocycles. The Balaban J connectivity index is 1.12. The molecule has 15 heteroatoms. The molecule has 15 nitrogen and oxygen atoms in total. The summed E-state index contributed by atoms with van der Waals surface area (Å²) in [6, 6.07) is 0. The van der Waals surface area contributed by atoms with Gasteiger partial charge in [-0.1, -0.05) is 34.1 Å². The number of esters is 1. The molecule has 3 heterocycles. The highest BCUT2D eigenvalue weighted by molar-refractivity contribution is 5.66. The number of fused-ring (bicyclic) bond motifs is 2. The lowest BCUT2D eigenvalue weighted by molar-refractivity contribution is -0.442. The lowest BCUT2D eigenvalue weighted by Crippen LogP contribution is -2.71. The van der Waals surface area contributed by atoms with Crippen LogP contribution in [-0.4, -0.2) is 145 Å². The average Bonchev–Trinajstić information content (AvgIpc) is 3.47. The van der Waals surface area contributed by atoms with E-state index >= 15 is 0 Å². The second-order valence-electron chi connectivity index (χ2n) is 21.8. The number of rotatable bonds is 8. The Morgan fingerprint density at radius 3 is 2.21 bits per heavy atom. The van der Waals surface area contributed by atoms with Gasteiger partial charge in [0.05, 0.1) is 42.7 Å². The van der Waals surface area contributed by atoms with Crippen molar-refractivity contribution in [2.45, 2.75) is 204 Å². The maximum atomic E-state index is 12.2. The third kappa shape index (κ3) is 6.10. The molecule has 5 aliphatic carbocycles. The lowest BCUT2D eigenvalue weighted by atomic mass is 9.41. The molecular formula is C43H70O15. The molecule has 58 heavy (non-hydrogen) atoms. The first kappa shape index (κ1) is 43.6. The second-order valence-corrected chi connectivity index (χ2v) is 21.8. The van der Waals surface area contributed by atoms with Crippen LogP contribution in [0.25, 0.3) is 0 Å². The summed E-state index contributed by atoms with van der Waals surface area (Å²) in [5, 5.41) is 89.9. The van der Waals surface area contributed by atoms with Crippen LogP contribution in [0, 0.1) is 44.8 Å². The van der Waals surface area contributed by atoms with Gasteiger partial charge in [0.15, 0.2) is 18.5 Å². The third-order valence-corrected chi connectivity index (χ3v) is 17.8. The third-order valence-electron chi connectivity index (χ3n) is 17.8. The van der Waals surface area contributed by atoms with Gasteiger partial charge in [-0.3, -0.25) is 4.79 Å². The molecule has 3 saturated heterocycles. The SMILES string of the molecule is CC(=O)O[C@H]1[C@H](O[C@]2(O)[C@H](O)[C@@H](CO)O[C@@H](O[C@H]3CC4C5(CC[C@]6(C)[C@@H]([C@@]7(C)CC[C@@H](C(C)(C)O)O7)[C@@H](O)C[C@@]46C)C[C@@]54CCCC(C)(C)C34)[C@@H]2O)OC[C@@H](O)[C@@H]1O. The van der Waals surface area contributed by atoms with E-state index in [2.05, 4.69) is 34.6 Å². The maximum absolute atomic E-state index is 12.2. The predicted molar refractivity (Wildman–Crippen MR) is 203 cm³/mol. The van der Waals surface area contributed by atoms with E-state index in [-0.39, 0.29) is 50.9 Å². The lowest BCUT2D eigenvalue weighted by Gasteiger charge is -2.64. The molecule has 8 N–H and O–H groups in total. The monoisotopic (exact) mass is 826 g/mol. The molecule has 8 rings (SSSR count). The van der Waals surface area contributed by atoms with E-state index in [1.165, 1.54) is 0 Å². The summed E-state index contributed by atoms with van der Waals surface area (Å²) in [6.07, 6.45) is -6.46. The van der Waals surface area contributed by atoms with Gasteiger partial charge in [-0.05, 0) is 117 Å². The number of carbonyl (C=O) groups excluding carboxylic acids is 1. The van der Waals surface area contributed by atoms with E-state index < -0.39 is 97.6 Å². The van der Waals surface area contributed by atoms with Crippen LogP contribution in [-0.2, 0) is 33.2 Å². The summed E-state index contributed by atoms with van der Waals surface area (Å²) in [7, 11) is 0. The van der Waals surface area contributed by atoms with Crippen molar-refractivity contribution >= 4 is 5.97 Å². The average molecular weight is 827 g/mol. The van der Waals surface area contributed by atoms with E-state index in [1.807, 2.05) is 0 Å². The first-order valence-corrected chi connectivity index (χ1v) is 21.8. The zero-order chi connectivity index (χ0) is 42.4. The van der Waals surface area contributed by atoms with Crippen LogP contribution in [0.3, 0.4) is 0 Å². The fraction of sp³-hybridized carbons (Fsp3) is 0.977. The molecule has 8 fully saturated rings. The molecule has 0 aromatic carbocycles. The zero-order valence-corrected chi connectivity index (χ0v) is 35.5. The fourth-order valence-electron chi connectivity index (χ4n) is 15.2. The number of hydrogen-bond donors (Lipinski definition) is 8. The van der Waals surface area contributed by atoms with Crippen molar-refractivity contribution < 1.29 is 74.1 Å². The number of carbonyl (C=O) groups is 1. The van der Waals surface area contributed by atoms with Gasteiger partial charge >= 0.3 is 5.97 Å².